The zero-order chi connectivity index (χ0) is 18.9. The predicted molar refractivity (Wildman–Crippen MR) is 108 cm³/mol. The van der Waals surface area contributed by atoms with Crippen LogP contribution in [0.4, 0.5) is 0 Å². The Hall–Kier alpha value is -2.37. The molecule has 1 atom stereocenters. The molecule has 1 N–H and O–H groups in total. The van der Waals surface area contributed by atoms with Crippen LogP contribution in [0.15, 0.2) is 60.7 Å². The molecule has 0 bridgehead atoms. The van der Waals surface area contributed by atoms with Crippen molar-refractivity contribution < 1.29 is 9.53 Å². The summed E-state index contributed by atoms with van der Waals surface area (Å²) in [7, 11) is 0. The summed E-state index contributed by atoms with van der Waals surface area (Å²) in [4.78, 5) is 17.2. The molecule has 27 heavy (non-hydrogen) atoms. The van der Waals surface area contributed by atoms with E-state index in [1.165, 1.54) is 5.56 Å². The molecule has 1 heterocycles. The molecule has 0 saturated carbocycles. The summed E-state index contributed by atoms with van der Waals surface area (Å²) in [5, 5.41) is 3.05. The highest BCUT2D eigenvalue weighted by Crippen LogP contribution is 2.21. The molecule has 5 heteroatoms. The van der Waals surface area contributed by atoms with Crippen molar-refractivity contribution in [3.63, 3.8) is 0 Å². The standard InChI is InChI=1S/C22H29N3O2/c1-2-24-13-15-25(16-14-24)21(19-9-5-3-6-10-19)17-23-22(26)18-27-20-11-7-4-8-12-20/h3-12,21H,2,13-18H2,1H3,(H,23,26). The third-order valence-electron chi connectivity index (χ3n) is 5.08. The Balaban J connectivity index is 1.56. The highest BCUT2D eigenvalue weighted by atomic mass is 16.5. The van der Waals surface area contributed by atoms with Gasteiger partial charge in [-0.3, -0.25) is 9.69 Å². The summed E-state index contributed by atoms with van der Waals surface area (Å²) >= 11 is 0. The van der Waals surface area contributed by atoms with Crippen molar-refractivity contribution in [2.24, 2.45) is 0 Å². The van der Waals surface area contributed by atoms with Crippen LogP contribution in [-0.4, -0.2) is 61.6 Å². The zero-order valence-corrected chi connectivity index (χ0v) is 16.0. The molecule has 1 unspecified atom stereocenters. The second-order valence-corrected chi connectivity index (χ2v) is 6.80. The number of rotatable bonds is 8. The molecule has 3 rings (SSSR count). The quantitative estimate of drug-likeness (QED) is 0.779. The predicted octanol–water partition coefficient (Wildman–Crippen LogP) is 2.56. The Bertz CT molecular complexity index is 685. The first kappa shape index (κ1) is 19.4. The van der Waals surface area contributed by atoms with Gasteiger partial charge in [0.2, 0.25) is 0 Å². The summed E-state index contributed by atoms with van der Waals surface area (Å²) in [6, 6.07) is 20.1. The van der Waals surface area contributed by atoms with Crippen molar-refractivity contribution in [1.82, 2.24) is 15.1 Å². The number of hydrogen-bond donors (Lipinski definition) is 1. The van der Waals surface area contributed by atoms with E-state index in [1.54, 1.807) is 0 Å². The van der Waals surface area contributed by atoms with E-state index in [2.05, 4.69) is 46.3 Å². The van der Waals surface area contributed by atoms with E-state index in [0.29, 0.717) is 12.3 Å². The summed E-state index contributed by atoms with van der Waals surface area (Å²) in [5.41, 5.74) is 1.24. The number of carbonyl (C=O) groups excluding carboxylic acids is 1. The van der Waals surface area contributed by atoms with Gasteiger partial charge in [-0.2, -0.15) is 0 Å². The van der Waals surface area contributed by atoms with Crippen LogP contribution in [0.25, 0.3) is 0 Å². The van der Waals surface area contributed by atoms with Crippen molar-refractivity contribution in [2.45, 2.75) is 13.0 Å². The summed E-state index contributed by atoms with van der Waals surface area (Å²) in [6.45, 7) is 8.11. The van der Waals surface area contributed by atoms with Gasteiger partial charge >= 0.3 is 0 Å². The van der Waals surface area contributed by atoms with E-state index in [-0.39, 0.29) is 18.6 Å². The van der Waals surface area contributed by atoms with Gasteiger partial charge in [-0.1, -0.05) is 55.5 Å². The van der Waals surface area contributed by atoms with E-state index < -0.39 is 0 Å². The third kappa shape index (κ3) is 5.81. The molecule has 1 amide bonds. The van der Waals surface area contributed by atoms with E-state index in [0.717, 1.165) is 32.7 Å². The molecular formula is C22H29N3O2. The number of hydrogen-bond acceptors (Lipinski definition) is 4. The molecule has 0 spiro atoms. The Labute approximate surface area is 161 Å². The molecule has 1 saturated heterocycles. The fraction of sp³-hybridized carbons (Fsp3) is 0.409. The lowest BCUT2D eigenvalue weighted by atomic mass is 10.0. The van der Waals surface area contributed by atoms with Crippen molar-refractivity contribution >= 4 is 5.91 Å². The molecule has 0 aromatic heterocycles. The number of likely N-dealkylation sites (N-methyl/N-ethyl adjacent to an activating group) is 1. The van der Waals surface area contributed by atoms with Gasteiger partial charge < -0.3 is 15.0 Å². The lowest BCUT2D eigenvalue weighted by Gasteiger charge is -2.39. The number of benzene rings is 2. The number of para-hydroxylation sites is 1. The molecule has 144 valence electrons. The highest BCUT2D eigenvalue weighted by molar-refractivity contribution is 5.77. The van der Waals surface area contributed by atoms with E-state index in [9.17, 15) is 4.79 Å². The minimum absolute atomic E-state index is 0.0368. The lowest BCUT2D eigenvalue weighted by Crippen LogP contribution is -2.49. The molecule has 0 aliphatic carbocycles. The molecule has 1 aliphatic heterocycles. The maximum Gasteiger partial charge on any atom is 0.258 e. The van der Waals surface area contributed by atoms with Gasteiger partial charge in [-0.15, -0.1) is 0 Å². The van der Waals surface area contributed by atoms with Crippen molar-refractivity contribution in [3.8, 4) is 5.75 Å². The Morgan fingerprint density at radius 2 is 1.63 bits per heavy atom. The Kier molecular flexibility index (Phi) is 7.25. The molecule has 5 nitrogen and oxygen atoms in total. The van der Waals surface area contributed by atoms with Crippen LogP contribution in [0.2, 0.25) is 0 Å². The van der Waals surface area contributed by atoms with Gasteiger partial charge in [0.25, 0.3) is 5.91 Å². The zero-order valence-electron chi connectivity index (χ0n) is 16.0. The average molecular weight is 367 g/mol. The first-order chi connectivity index (χ1) is 13.3. The minimum atomic E-state index is -0.0908. The highest BCUT2D eigenvalue weighted by Gasteiger charge is 2.24. The van der Waals surface area contributed by atoms with Crippen LogP contribution < -0.4 is 10.1 Å². The SMILES string of the molecule is CCN1CCN(C(CNC(=O)COc2ccccc2)c2ccccc2)CC1. The van der Waals surface area contributed by atoms with Crippen LogP contribution >= 0.6 is 0 Å². The van der Waals surface area contributed by atoms with E-state index in [4.69, 9.17) is 4.74 Å². The van der Waals surface area contributed by atoms with Crippen LogP contribution in [0, 0.1) is 0 Å². The van der Waals surface area contributed by atoms with Crippen molar-refractivity contribution in [3.05, 3.63) is 66.2 Å². The second kappa shape index (κ2) is 10.1. The minimum Gasteiger partial charge on any atom is -0.484 e. The number of nitrogens with one attached hydrogen (secondary N) is 1. The Morgan fingerprint density at radius 3 is 2.26 bits per heavy atom. The number of ether oxygens (including phenoxy) is 1. The largest absolute Gasteiger partial charge is 0.484 e. The van der Waals surface area contributed by atoms with Gasteiger partial charge in [-0.25, -0.2) is 0 Å². The molecular weight excluding hydrogens is 338 g/mol. The average Bonchev–Trinajstić information content (AvgIpc) is 2.74. The van der Waals surface area contributed by atoms with Crippen molar-refractivity contribution in [1.29, 1.82) is 0 Å². The van der Waals surface area contributed by atoms with Crippen LogP contribution in [0.5, 0.6) is 5.75 Å². The van der Waals surface area contributed by atoms with Gasteiger partial charge in [0, 0.05) is 32.7 Å². The molecule has 2 aromatic carbocycles. The van der Waals surface area contributed by atoms with Gasteiger partial charge in [-0.05, 0) is 24.2 Å². The van der Waals surface area contributed by atoms with Crippen LogP contribution in [0.3, 0.4) is 0 Å². The summed E-state index contributed by atoms with van der Waals surface area (Å²) < 4.78 is 5.55. The molecule has 2 aromatic rings. The maximum absolute atomic E-state index is 12.3. The number of carbonyl (C=O) groups is 1. The monoisotopic (exact) mass is 367 g/mol. The van der Waals surface area contributed by atoms with Gasteiger partial charge in [0.15, 0.2) is 6.61 Å². The lowest BCUT2D eigenvalue weighted by molar-refractivity contribution is -0.123. The van der Waals surface area contributed by atoms with E-state index in [1.807, 2.05) is 36.4 Å². The fourth-order valence-corrected chi connectivity index (χ4v) is 3.45. The van der Waals surface area contributed by atoms with Gasteiger partial charge in [0.1, 0.15) is 5.75 Å². The third-order valence-corrected chi connectivity index (χ3v) is 5.08. The smallest absolute Gasteiger partial charge is 0.258 e. The first-order valence-corrected chi connectivity index (χ1v) is 9.72. The second-order valence-electron chi connectivity index (χ2n) is 6.80. The fourth-order valence-electron chi connectivity index (χ4n) is 3.45. The van der Waals surface area contributed by atoms with Crippen LogP contribution in [0.1, 0.15) is 18.5 Å². The molecule has 0 radical (unpaired) electrons. The Morgan fingerprint density at radius 1 is 1.00 bits per heavy atom. The number of amides is 1. The van der Waals surface area contributed by atoms with Gasteiger partial charge in [0.05, 0.1) is 6.04 Å². The van der Waals surface area contributed by atoms with E-state index >= 15 is 0 Å². The molecule has 1 aliphatic rings. The number of piperazine rings is 1. The topological polar surface area (TPSA) is 44.8 Å². The summed E-state index contributed by atoms with van der Waals surface area (Å²) in [5.74, 6) is 0.620. The van der Waals surface area contributed by atoms with Crippen molar-refractivity contribution in [2.75, 3.05) is 45.9 Å². The maximum atomic E-state index is 12.3. The van der Waals surface area contributed by atoms with Crippen LogP contribution in [-0.2, 0) is 4.79 Å². The summed E-state index contributed by atoms with van der Waals surface area (Å²) in [6.07, 6.45) is 0. The normalized spacial score (nSPS) is 16.6. The molecule has 1 fully saturated rings. The number of nitrogens with zero attached hydrogens (tertiary/aromatic N) is 2. The first-order valence-electron chi connectivity index (χ1n) is 9.72.